The Morgan fingerprint density at radius 3 is 2.69 bits per heavy atom. The Kier molecular flexibility index (Phi) is 4.69. The first-order chi connectivity index (χ1) is 15.2. The molecular weight excluding hydrogens is 406 g/mol. The van der Waals surface area contributed by atoms with Crippen LogP contribution >= 0.6 is 0 Å². The van der Waals surface area contributed by atoms with E-state index in [1.165, 1.54) is 12.8 Å². The van der Waals surface area contributed by atoms with Crippen LogP contribution in [0.4, 0.5) is 0 Å². The van der Waals surface area contributed by atoms with Crippen LogP contribution in [0.2, 0.25) is 0 Å². The van der Waals surface area contributed by atoms with Crippen LogP contribution in [0.1, 0.15) is 52.9 Å². The van der Waals surface area contributed by atoms with E-state index in [0.717, 1.165) is 31.5 Å². The molecule has 4 fully saturated rings. The molecule has 6 rings (SSSR count). The maximum atomic E-state index is 13.0. The van der Waals surface area contributed by atoms with E-state index in [0.29, 0.717) is 11.5 Å². The molecule has 3 N–H and O–H groups in total. The average Bonchev–Trinajstić information content (AvgIpc) is 3.07. The highest BCUT2D eigenvalue weighted by atomic mass is 16.8. The summed E-state index contributed by atoms with van der Waals surface area (Å²) in [6.45, 7) is 8.29. The summed E-state index contributed by atoms with van der Waals surface area (Å²) in [5, 5.41) is 25.1. The molecule has 6 nitrogen and oxygen atoms in total. The van der Waals surface area contributed by atoms with Crippen LogP contribution in [0.3, 0.4) is 0 Å². The lowest BCUT2D eigenvalue weighted by Crippen LogP contribution is -2.49. The number of piperidine rings is 1. The fourth-order valence-electron chi connectivity index (χ4n) is 8.51. The van der Waals surface area contributed by atoms with Gasteiger partial charge in [-0.2, -0.15) is 0 Å². The van der Waals surface area contributed by atoms with E-state index in [-0.39, 0.29) is 65.9 Å². The molecule has 32 heavy (non-hydrogen) atoms. The molecule has 6 aliphatic rings. The lowest BCUT2D eigenvalue weighted by molar-refractivity contribution is -0.168. The second-order valence-electron chi connectivity index (χ2n) is 11.7. The fourth-order valence-corrected chi connectivity index (χ4v) is 8.51. The molecule has 2 aliphatic heterocycles. The van der Waals surface area contributed by atoms with Gasteiger partial charge in [0.1, 0.15) is 16.8 Å². The topological polar surface area (TPSA) is 88.0 Å². The van der Waals surface area contributed by atoms with Crippen molar-refractivity contribution in [2.45, 2.75) is 76.0 Å². The average molecular weight is 444 g/mol. The molecule has 2 saturated carbocycles. The molecule has 2 saturated heterocycles. The standard InChI is InChI=1S/C26H37NO5/c1-14-8-19-21-15(2)11-26-22(18(21)9-17(13-28)12-25(19,30)23(14)29)24(26,3)31-20(32-26)10-16-4-6-27-7-5-16/h8-9,15-16,18-22,27-28,30H,4-7,10-13H2,1-3H3/t15-,18-,19+,20?,21+,22-,24?,25-,26+/m1/s1. The number of nitrogens with one attached hydrogen (secondary N) is 1. The van der Waals surface area contributed by atoms with Crippen LogP contribution in [0.5, 0.6) is 0 Å². The first-order valence-electron chi connectivity index (χ1n) is 12.6. The van der Waals surface area contributed by atoms with Crippen LogP contribution in [-0.2, 0) is 14.3 Å². The van der Waals surface area contributed by atoms with E-state index in [9.17, 15) is 15.0 Å². The molecule has 0 aromatic carbocycles. The number of ketones is 1. The third-order valence-electron chi connectivity index (χ3n) is 9.94. The first-order valence-corrected chi connectivity index (χ1v) is 12.6. The van der Waals surface area contributed by atoms with Gasteiger partial charge in [-0.25, -0.2) is 0 Å². The second-order valence-corrected chi connectivity index (χ2v) is 11.7. The molecule has 2 heterocycles. The van der Waals surface area contributed by atoms with Crippen molar-refractivity contribution in [3.8, 4) is 0 Å². The SMILES string of the molecule is CC1=C[C@H]2[C@@H]3[C@@H](C=C(CO)C[C@]2(O)C1=O)[C@@H]1C2(C)OC(CC4CCNCC4)O[C@@]12C[C@H]3C. The zero-order chi connectivity index (χ0) is 22.5. The number of allylic oxidation sites excluding steroid dienone is 1. The molecule has 4 aliphatic carbocycles. The summed E-state index contributed by atoms with van der Waals surface area (Å²) in [5.74, 6) is 0.999. The molecule has 0 aromatic heterocycles. The quantitative estimate of drug-likeness (QED) is 0.581. The molecule has 0 amide bonds. The molecule has 2 unspecified atom stereocenters. The fraction of sp³-hybridized carbons (Fsp3) is 0.808. The minimum atomic E-state index is -1.43. The summed E-state index contributed by atoms with van der Waals surface area (Å²) < 4.78 is 13.4. The minimum absolute atomic E-state index is 0.125. The van der Waals surface area contributed by atoms with Crippen LogP contribution < -0.4 is 5.32 Å². The molecule has 176 valence electrons. The van der Waals surface area contributed by atoms with Crippen molar-refractivity contribution >= 4 is 5.78 Å². The number of carbonyl (C=O) groups is 1. The van der Waals surface area contributed by atoms with Gasteiger partial charge in [-0.3, -0.25) is 4.79 Å². The summed E-state index contributed by atoms with van der Waals surface area (Å²) >= 11 is 0. The number of fused-ring (bicyclic) bond motifs is 5. The van der Waals surface area contributed by atoms with Gasteiger partial charge in [0.05, 0.1) is 6.61 Å². The molecule has 6 heteroatoms. The highest BCUT2D eigenvalue weighted by Crippen LogP contribution is 2.75. The lowest BCUT2D eigenvalue weighted by atomic mass is 9.63. The van der Waals surface area contributed by atoms with Crippen LogP contribution in [0.25, 0.3) is 0 Å². The number of aliphatic hydroxyl groups excluding tert-OH is 1. The van der Waals surface area contributed by atoms with Crippen molar-refractivity contribution in [3.63, 3.8) is 0 Å². The number of rotatable bonds is 3. The molecule has 9 atom stereocenters. The van der Waals surface area contributed by atoms with Crippen molar-refractivity contribution in [3.05, 3.63) is 23.3 Å². The van der Waals surface area contributed by atoms with Gasteiger partial charge in [-0.1, -0.05) is 19.1 Å². The minimum Gasteiger partial charge on any atom is -0.392 e. The number of carbonyl (C=O) groups excluding carboxylic acids is 1. The Bertz CT molecular complexity index is 893. The molecule has 0 bridgehead atoms. The van der Waals surface area contributed by atoms with Crippen LogP contribution in [0, 0.1) is 35.5 Å². The largest absolute Gasteiger partial charge is 0.392 e. The number of Topliss-reactive ketones (excluding diaryl/α,β-unsaturated/α-hetero) is 1. The Morgan fingerprint density at radius 2 is 1.97 bits per heavy atom. The highest BCUT2D eigenvalue weighted by Gasteiger charge is 2.85. The Hall–Kier alpha value is -1.05. The number of hydrogen-bond acceptors (Lipinski definition) is 6. The van der Waals surface area contributed by atoms with Gasteiger partial charge in [0.15, 0.2) is 12.1 Å². The van der Waals surface area contributed by atoms with Crippen molar-refractivity contribution in [2.24, 2.45) is 35.5 Å². The van der Waals surface area contributed by atoms with E-state index in [2.05, 4.69) is 25.2 Å². The Labute approximate surface area is 190 Å². The normalized spacial score (nSPS) is 52.3. The second kappa shape index (κ2) is 6.98. The van der Waals surface area contributed by atoms with Crippen LogP contribution in [-0.4, -0.2) is 58.8 Å². The number of aliphatic hydroxyl groups is 2. The van der Waals surface area contributed by atoms with Gasteiger partial charge < -0.3 is 25.0 Å². The van der Waals surface area contributed by atoms with Gasteiger partial charge in [0.2, 0.25) is 0 Å². The van der Waals surface area contributed by atoms with E-state index in [1.807, 2.05) is 13.0 Å². The predicted molar refractivity (Wildman–Crippen MR) is 119 cm³/mol. The molecule has 0 aromatic rings. The first kappa shape index (κ1) is 21.5. The van der Waals surface area contributed by atoms with E-state index >= 15 is 0 Å². The van der Waals surface area contributed by atoms with Crippen molar-refractivity contribution in [1.29, 1.82) is 0 Å². The summed E-state index contributed by atoms with van der Waals surface area (Å²) in [4.78, 5) is 13.0. The monoisotopic (exact) mass is 443 g/mol. The maximum absolute atomic E-state index is 13.0. The van der Waals surface area contributed by atoms with Crippen molar-refractivity contribution in [1.82, 2.24) is 5.32 Å². The third-order valence-corrected chi connectivity index (χ3v) is 9.94. The van der Waals surface area contributed by atoms with Gasteiger partial charge in [0.25, 0.3) is 0 Å². The van der Waals surface area contributed by atoms with E-state index in [4.69, 9.17) is 9.47 Å². The smallest absolute Gasteiger partial charge is 0.190 e. The van der Waals surface area contributed by atoms with Gasteiger partial charge in [0, 0.05) is 24.7 Å². The highest BCUT2D eigenvalue weighted by molar-refractivity contribution is 6.04. The predicted octanol–water partition coefficient (Wildman–Crippen LogP) is 2.35. The third kappa shape index (κ3) is 2.67. The zero-order valence-electron chi connectivity index (χ0n) is 19.5. The van der Waals surface area contributed by atoms with Crippen LogP contribution in [0.15, 0.2) is 23.3 Å². The summed E-state index contributed by atoms with van der Waals surface area (Å²) in [7, 11) is 0. The maximum Gasteiger partial charge on any atom is 0.190 e. The van der Waals surface area contributed by atoms with Crippen molar-refractivity contribution in [2.75, 3.05) is 19.7 Å². The van der Waals surface area contributed by atoms with Gasteiger partial charge in [-0.15, -0.1) is 0 Å². The number of ether oxygens (including phenoxy) is 2. The lowest BCUT2D eigenvalue weighted by Gasteiger charge is -2.43. The molecular formula is C26H37NO5. The Balaban J connectivity index is 1.30. The molecule has 0 radical (unpaired) electrons. The van der Waals surface area contributed by atoms with Crippen molar-refractivity contribution < 1.29 is 24.5 Å². The van der Waals surface area contributed by atoms with Gasteiger partial charge in [-0.05, 0) is 81.0 Å². The van der Waals surface area contributed by atoms with E-state index < -0.39 is 5.60 Å². The molecule has 1 spiro atoms. The summed E-state index contributed by atoms with van der Waals surface area (Å²) in [6, 6.07) is 0. The van der Waals surface area contributed by atoms with E-state index in [1.54, 1.807) is 0 Å². The zero-order valence-corrected chi connectivity index (χ0v) is 19.5. The van der Waals surface area contributed by atoms with Gasteiger partial charge >= 0.3 is 0 Å². The summed E-state index contributed by atoms with van der Waals surface area (Å²) in [6.07, 6.45) is 8.47. The summed E-state index contributed by atoms with van der Waals surface area (Å²) in [5.41, 5.74) is -0.628. The number of hydrogen-bond donors (Lipinski definition) is 3. The Morgan fingerprint density at radius 1 is 1.22 bits per heavy atom.